The van der Waals surface area contributed by atoms with E-state index in [0.29, 0.717) is 5.75 Å². The first-order valence-electron chi connectivity index (χ1n) is 3.65. The van der Waals surface area contributed by atoms with E-state index < -0.39 is 11.5 Å². The van der Waals surface area contributed by atoms with E-state index in [2.05, 4.69) is 10.2 Å². The van der Waals surface area contributed by atoms with Gasteiger partial charge in [0.25, 0.3) is 5.56 Å². The summed E-state index contributed by atoms with van der Waals surface area (Å²) in [7, 11) is 0. The van der Waals surface area contributed by atoms with E-state index in [1.54, 1.807) is 0 Å². The number of aromatic nitrogens is 3. The first-order valence-corrected chi connectivity index (χ1v) is 4.64. The van der Waals surface area contributed by atoms with E-state index in [1.807, 2.05) is 0 Å². The van der Waals surface area contributed by atoms with Crippen molar-refractivity contribution in [1.82, 2.24) is 14.9 Å². The number of nitrogens with zero attached hydrogens (tertiary/aromatic N) is 3. The maximum Gasteiger partial charge on any atom is 0.304 e. The van der Waals surface area contributed by atoms with Gasteiger partial charge in [-0.05, 0) is 0 Å². The third kappa shape index (κ3) is 2.73. The molecule has 0 atom stereocenters. The molecule has 0 spiro atoms. The maximum absolute atomic E-state index is 10.9. The summed E-state index contributed by atoms with van der Waals surface area (Å²) in [6.45, 7) is 0. The zero-order chi connectivity index (χ0) is 10.6. The predicted octanol–water partition coefficient (Wildman–Crippen LogP) is -1.08. The Bertz CT molecular complexity index is 391. The Hall–Kier alpha value is -1.57. The summed E-state index contributed by atoms with van der Waals surface area (Å²) >= 11 is 1.07. The lowest BCUT2D eigenvalue weighted by molar-refractivity contribution is -0.136. The van der Waals surface area contributed by atoms with Gasteiger partial charge in [0.1, 0.15) is 6.20 Å². The van der Waals surface area contributed by atoms with Crippen molar-refractivity contribution in [3.63, 3.8) is 0 Å². The summed E-state index contributed by atoms with van der Waals surface area (Å²) in [6, 6.07) is 0. The second-order valence-electron chi connectivity index (χ2n) is 2.33. The molecule has 0 saturated carbocycles. The van der Waals surface area contributed by atoms with E-state index in [0.717, 1.165) is 22.6 Å². The van der Waals surface area contributed by atoms with E-state index in [-0.39, 0.29) is 11.6 Å². The van der Waals surface area contributed by atoms with Gasteiger partial charge in [-0.1, -0.05) is 11.8 Å². The molecule has 1 rings (SSSR count). The van der Waals surface area contributed by atoms with E-state index >= 15 is 0 Å². The van der Waals surface area contributed by atoms with Crippen molar-refractivity contribution in [3.05, 3.63) is 16.6 Å². The van der Waals surface area contributed by atoms with Crippen LogP contribution in [0.5, 0.6) is 0 Å². The molecular weight excluding hydrogens is 208 g/mol. The van der Waals surface area contributed by atoms with Crippen LogP contribution in [-0.2, 0) is 4.79 Å². The highest BCUT2D eigenvalue weighted by Crippen LogP contribution is 2.11. The number of nitrogen functional groups attached to an aromatic ring is 1. The summed E-state index contributed by atoms with van der Waals surface area (Å²) in [5.41, 5.74) is -0.474. The smallest absolute Gasteiger partial charge is 0.304 e. The molecule has 0 aliphatic rings. The average Bonchev–Trinajstić information content (AvgIpc) is 2.12. The van der Waals surface area contributed by atoms with Gasteiger partial charge in [0.05, 0.1) is 6.42 Å². The Morgan fingerprint density at radius 2 is 2.43 bits per heavy atom. The Morgan fingerprint density at radius 3 is 3.07 bits per heavy atom. The van der Waals surface area contributed by atoms with Crippen LogP contribution in [0.1, 0.15) is 6.42 Å². The summed E-state index contributed by atoms with van der Waals surface area (Å²) < 4.78 is 0.833. The largest absolute Gasteiger partial charge is 0.481 e. The van der Waals surface area contributed by atoms with Crippen molar-refractivity contribution < 1.29 is 9.90 Å². The monoisotopic (exact) mass is 216 g/mol. The van der Waals surface area contributed by atoms with Crippen LogP contribution in [0.2, 0.25) is 0 Å². The first kappa shape index (κ1) is 10.5. The molecule has 1 heterocycles. The second kappa shape index (κ2) is 4.61. The van der Waals surface area contributed by atoms with Gasteiger partial charge in [0.15, 0.2) is 0 Å². The number of hydrogen-bond acceptors (Lipinski definition) is 6. The molecule has 14 heavy (non-hydrogen) atoms. The fourth-order valence-electron chi connectivity index (χ4n) is 0.660. The van der Waals surface area contributed by atoms with E-state index in [4.69, 9.17) is 10.9 Å². The number of carboxylic acid groups (broad SMARTS) is 1. The van der Waals surface area contributed by atoms with Gasteiger partial charge in [-0.25, -0.2) is 0 Å². The highest BCUT2D eigenvalue weighted by molar-refractivity contribution is 7.99. The molecule has 0 unspecified atom stereocenters. The van der Waals surface area contributed by atoms with Crippen LogP contribution in [0.25, 0.3) is 0 Å². The lowest BCUT2D eigenvalue weighted by Crippen LogP contribution is -2.29. The normalized spacial score (nSPS) is 10.0. The van der Waals surface area contributed by atoms with Gasteiger partial charge in [-0.3, -0.25) is 9.59 Å². The molecule has 76 valence electrons. The molecular formula is C6H8N4O3S. The third-order valence-corrected chi connectivity index (χ3v) is 2.25. The molecule has 0 radical (unpaired) electrons. The highest BCUT2D eigenvalue weighted by atomic mass is 32.2. The summed E-state index contributed by atoms with van der Waals surface area (Å²) in [5, 5.41) is 15.6. The minimum Gasteiger partial charge on any atom is -0.481 e. The number of rotatable bonds is 4. The molecule has 0 saturated heterocycles. The van der Waals surface area contributed by atoms with Crippen molar-refractivity contribution >= 4 is 17.7 Å². The second-order valence-corrected chi connectivity index (χ2v) is 3.39. The van der Waals surface area contributed by atoms with Crippen molar-refractivity contribution in [1.29, 1.82) is 0 Å². The molecule has 0 aliphatic carbocycles. The van der Waals surface area contributed by atoms with Gasteiger partial charge in [0, 0.05) is 5.75 Å². The molecule has 0 aliphatic heterocycles. The van der Waals surface area contributed by atoms with Crippen LogP contribution in [0.15, 0.2) is 16.1 Å². The van der Waals surface area contributed by atoms with Gasteiger partial charge >= 0.3 is 5.97 Å². The zero-order valence-corrected chi connectivity index (χ0v) is 7.90. The molecule has 1 aromatic heterocycles. The third-order valence-electron chi connectivity index (χ3n) is 1.30. The van der Waals surface area contributed by atoms with Crippen LogP contribution >= 0.6 is 11.8 Å². The molecule has 0 fully saturated rings. The molecule has 0 bridgehead atoms. The molecule has 8 heteroatoms. The fraction of sp³-hybridized carbons (Fsp3) is 0.333. The van der Waals surface area contributed by atoms with Crippen LogP contribution in [0.3, 0.4) is 0 Å². The Labute approximate surface area is 82.9 Å². The van der Waals surface area contributed by atoms with Gasteiger partial charge in [0.2, 0.25) is 5.16 Å². The number of nitrogens with two attached hydrogens (primary N) is 1. The number of thioether (sulfide) groups is 1. The topological polar surface area (TPSA) is 111 Å². The molecule has 0 aromatic carbocycles. The lowest BCUT2D eigenvalue weighted by atomic mass is 10.5. The highest BCUT2D eigenvalue weighted by Gasteiger charge is 2.04. The van der Waals surface area contributed by atoms with Crippen molar-refractivity contribution in [2.45, 2.75) is 11.6 Å². The van der Waals surface area contributed by atoms with Crippen LogP contribution in [-0.4, -0.2) is 31.7 Å². The predicted molar refractivity (Wildman–Crippen MR) is 49.4 cm³/mol. The quantitative estimate of drug-likeness (QED) is 0.486. The minimum absolute atomic E-state index is 0.0184. The Balaban J connectivity index is 2.63. The SMILES string of the molecule is Nn1c(SCCC(=O)O)nncc1=O. The van der Waals surface area contributed by atoms with Crippen molar-refractivity contribution in [2.75, 3.05) is 11.6 Å². The maximum atomic E-state index is 10.9. The van der Waals surface area contributed by atoms with Gasteiger partial charge in [-0.15, -0.1) is 5.10 Å². The van der Waals surface area contributed by atoms with E-state index in [1.165, 1.54) is 0 Å². The van der Waals surface area contributed by atoms with Crippen molar-refractivity contribution in [2.24, 2.45) is 0 Å². The Kier molecular flexibility index (Phi) is 3.46. The summed E-state index contributed by atoms with van der Waals surface area (Å²) in [6.07, 6.45) is 0.969. The Morgan fingerprint density at radius 1 is 1.71 bits per heavy atom. The standard InChI is InChI=1S/C6H8N4O3S/c7-10-4(11)3-8-9-6(10)14-2-1-5(12)13/h3H,1-2,7H2,(H,12,13). The minimum atomic E-state index is -0.910. The van der Waals surface area contributed by atoms with Gasteiger partial charge < -0.3 is 10.9 Å². The molecule has 7 nitrogen and oxygen atoms in total. The van der Waals surface area contributed by atoms with Crippen LogP contribution < -0.4 is 11.4 Å². The number of carbonyl (C=O) groups is 1. The average molecular weight is 216 g/mol. The summed E-state index contributed by atoms with van der Waals surface area (Å²) in [4.78, 5) is 21.1. The van der Waals surface area contributed by atoms with Gasteiger partial charge in [-0.2, -0.15) is 9.77 Å². The number of aliphatic carboxylic acids is 1. The lowest BCUT2D eigenvalue weighted by Gasteiger charge is -2.02. The zero-order valence-electron chi connectivity index (χ0n) is 7.08. The van der Waals surface area contributed by atoms with E-state index in [9.17, 15) is 9.59 Å². The first-order chi connectivity index (χ1) is 6.61. The number of carboxylic acids is 1. The summed E-state index contributed by atoms with van der Waals surface area (Å²) in [5.74, 6) is 4.72. The molecule has 1 aromatic rings. The molecule has 0 amide bonds. The van der Waals surface area contributed by atoms with Crippen LogP contribution in [0.4, 0.5) is 0 Å². The molecule has 3 N–H and O–H groups in total. The number of hydrogen-bond donors (Lipinski definition) is 2. The van der Waals surface area contributed by atoms with Crippen LogP contribution in [0, 0.1) is 0 Å². The van der Waals surface area contributed by atoms with Crippen molar-refractivity contribution in [3.8, 4) is 0 Å². The fourth-order valence-corrected chi connectivity index (χ4v) is 1.45.